The van der Waals surface area contributed by atoms with Crippen molar-refractivity contribution >= 4 is 23.2 Å². The van der Waals surface area contributed by atoms with Crippen LogP contribution in [0.5, 0.6) is 17.2 Å². The SMILES string of the molecule is CCOc1cc([N+](=O)[O-])c(C(=O)N(C)CC(=O)Nc2ccc(OC)cc2)cc1OC. The fraction of sp³-hybridized carbons (Fsp3) is 0.300. The third-order valence-electron chi connectivity index (χ3n) is 4.11. The van der Waals surface area contributed by atoms with Crippen molar-refractivity contribution in [2.45, 2.75) is 6.92 Å². The standard InChI is InChI=1S/C20H23N3O7/c1-5-30-18-11-16(23(26)27)15(10-17(18)29-4)20(25)22(2)12-19(24)21-13-6-8-14(28-3)9-7-13/h6-11H,5,12H2,1-4H3,(H,21,24). The van der Waals surface area contributed by atoms with Gasteiger partial charge in [0.05, 0.1) is 38.4 Å². The van der Waals surface area contributed by atoms with Gasteiger partial charge in [-0.15, -0.1) is 0 Å². The number of amides is 2. The lowest BCUT2D eigenvalue weighted by atomic mass is 10.1. The molecule has 2 rings (SSSR count). The lowest BCUT2D eigenvalue weighted by molar-refractivity contribution is -0.385. The Morgan fingerprint density at radius 1 is 1.10 bits per heavy atom. The van der Waals surface area contributed by atoms with Crippen LogP contribution < -0.4 is 19.5 Å². The van der Waals surface area contributed by atoms with Crippen molar-refractivity contribution in [1.29, 1.82) is 0 Å². The molecule has 0 aliphatic rings. The zero-order valence-electron chi connectivity index (χ0n) is 17.1. The van der Waals surface area contributed by atoms with Crippen molar-refractivity contribution in [3.05, 3.63) is 52.1 Å². The molecule has 0 spiro atoms. The Morgan fingerprint density at radius 3 is 2.30 bits per heavy atom. The number of nitrogens with one attached hydrogen (secondary N) is 1. The summed E-state index contributed by atoms with van der Waals surface area (Å²) in [5.41, 5.74) is -0.123. The number of methoxy groups -OCH3 is 2. The molecule has 0 unspecified atom stereocenters. The molecule has 0 radical (unpaired) electrons. The van der Waals surface area contributed by atoms with Crippen LogP contribution in [0.15, 0.2) is 36.4 Å². The van der Waals surface area contributed by atoms with E-state index in [1.54, 1.807) is 31.2 Å². The molecule has 0 saturated heterocycles. The Balaban J connectivity index is 2.19. The van der Waals surface area contributed by atoms with Crippen molar-refractivity contribution < 1.29 is 28.7 Å². The van der Waals surface area contributed by atoms with Crippen LogP contribution >= 0.6 is 0 Å². The highest BCUT2D eigenvalue weighted by atomic mass is 16.6. The first kappa shape index (κ1) is 22.5. The van der Waals surface area contributed by atoms with Gasteiger partial charge in [0.1, 0.15) is 11.3 Å². The Kier molecular flexibility index (Phi) is 7.56. The van der Waals surface area contributed by atoms with Crippen LogP contribution in [0.3, 0.4) is 0 Å². The molecule has 10 nitrogen and oxygen atoms in total. The molecule has 0 aliphatic heterocycles. The average Bonchev–Trinajstić information content (AvgIpc) is 2.73. The quantitative estimate of drug-likeness (QED) is 0.492. The van der Waals surface area contributed by atoms with E-state index in [2.05, 4.69) is 5.32 Å². The largest absolute Gasteiger partial charge is 0.497 e. The van der Waals surface area contributed by atoms with E-state index in [0.717, 1.165) is 11.0 Å². The molecule has 2 aromatic carbocycles. The average molecular weight is 417 g/mol. The van der Waals surface area contributed by atoms with E-state index in [1.807, 2.05) is 0 Å². The minimum atomic E-state index is -0.701. The van der Waals surface area contributed by atoms with Crippen molar-refractivity contribution in [3.63, 3.8) is 0 Å². The summed E-state index contributed by atoms with van der Waals surface area (Å²) in [6, 6.07) is 9.05. The number of carbonyl (C=O) groups is 2. The molecule has 0 aromatic heterocycles. The summed E-state index contributed by atoms with van der Waals surface area (Å²) in [6.07, 6.45) is 0. The van der Waals surface area contributed by atoms with Gasteiger partial charge in [-0.2, -0.15) is 0 Å². The first-order chi connectivity index (χ1) is 14.3. The van der Waals surface area contributed by atoms with E-state index in [0.29, 0.717) is 11.4 Å². The van der Waals surface area contributed by atoms with E-state index in [9.17, 15) is 19.7 Å². The second-order valence-corrected chi connectivity index (χ2v) is 6.15. The Hall–Kier alpha value is -3.82. The van der Waals surface area contributed by atoms with Gasteiger partial charge >= 0.3 is 0 Å². The lowest BCUT2D eigenvalue weighted by Gasteiger charge is -2.18. The maximum absolute atomic E-state index is 12.8. The molecule has 10 heteroatoms. The third kappa shape index (κ3) is 5.37. The Morgan fingerprint density at radius 2 is 1.77 bits per heavy atom. The molecule has 30 heavy (non-hydrogen) atoms. The minimum Gasteiger partial charge on any atom is -0.497 e. The van der Waals surface area contributed by atoms with Crippen molar-refractivity contribution in [2.75, 3.05) is 39.7 Å². The zero-order valence-corrected chi connectivity index (χ0v) is 17.1. The van der Waals surface area contributed by atoms with Crippen LogP contribution in [0.4, 0.5) is 11.4 Å². The van der Waals surface area contributed by atoms with Crippen molar-refractivity contribution in [1.82, 2.24) is 4.90 Å². The highest BCUT2D eigenvalue weighted by Crippen LogP contribution is 2.35. The number of hydrogen-bond donors (Lipinski definition) is 1. The van der Waals surface area contributed by atoms with E-state index >= 15 is 0 Å². The first-order valence-corrected chi connectivity index (χ1v) is 8.99. The number of carbonyl (C=O) groups excluding carboxylic acids is 2. The molecule has 1 N–H and O–H groups in total. The molecular weight excluding hydrogens is 394 g/mol. The van der Waals surface area contributed by atoms with E-state index < -0.39 is 22.4 Å². The molecule has 2 amide bonds. The molecular formula is C20H23N3O7. The second-order valence-electron chi connectivity index (χ2n) is 6.15. The van der Waals surface area contributed by atoms with Crippen LogP contribution in [-0.2, 0) is 4.79 Å². The van der Waals surface area contributed by atoms with Crippen LogP contribution in [0.2, 0.25) is 0 Å². The number of nitro groups is 1. The molecule has 0 fully saturated rings. The zero-order chi connectivity index (χ0) is 22.3. The van der Waals surface area contributed by atoms with Gasteiger partial charge < -0.3 is 24.4 Å². The highest BCUT2D eigenvalue weighted by molar-refractivity contribution is 6.02. The number of rotatable bonds is 9. The first-order valence-electron chi connectivity index (χ1n) is 8.99. The number of benzene rings is 2. The van der Waals surface area contributed by atoms with E-state index in [1.165, 1.54) is 27.3 Å². The number of ether oxygens (including phenoxy) is 3. The molecule has 160 valence electrons. The predicted octanol–water partition coefficient (Wildman–Crippen LogP) is 2.72. The van der Waals surface area contributed by atoms with Gasteiger partial charge in [0.2, 0.25) is 5.91 Å². The molecule has 0 aliphatic carbocycles. The van der Waals surface area contributed by atoms with E-state index in [4.69, 9.17) is 14.2 Å². The Labute approximate surface area is 173 Å². The number of likely N-dealkylation sites (N-methyl/N-ethyl adjacent to an activating group) is 1. The number of anilines is 1. The van der Waals surface area contributed by atoms with Gasteiger partial charge in [-0.3, -0.25) is 19.7 Å². The number of nitrogens with zero attached hydrogens (tertiary/aromatic N) is 2. The molecule has 0 bridgehead atoms. The number of nitro benzene ring substituents is 1. The smallest absolute Gasteiger partial charge is 0.286 e. The summed E-state index contributed by atoms with van der Waals surface area (Å²) in [6.45, 7) is 1.68. The van der Waals surface area contributed by atoms with Crippen molar-refractivity contribution in [3.8, 4) is 17.2 Å². The summed E-state index contributed by atoms with van der Waals surface area (Å²) in [7, 11) is 4.27. The molecule has 0 heterocycles. The van der Waals surface area contributed by atoms with E-state index in [-0.39, 0.29) is 30.2 Å². The van der Waals surface area contributed by atoms with Crippen LogP contribution in [0.1, 0.15) is 17.3 Å². The molecule has 0 atom stereocenters. The maximum atomic E-state index is 12.8. The fourth-order valence-electron chi connectivity index (χ4n) is 2.67. The van der Waals surface area contributed by atoms with Gasteiger partial charge in [0.25, 0.3) is 11.6 Å². The van der Waals surface area contributed by atoms with Crippen LogP contribution in [-0.4, -0.2) is 56.1 Å². The lowest BCUT2D eigenvalue weighted by Crippen LogP contribution is -2.35. The van der Waals surface area contributed by atoms with Gasteiger partial charge in [-0.1, -0.05) is 0 Å². The Bertz CT molecular complexity index is 929. The van der Waals surface area contributed by atoms with Gasteiger partial charge in [-0.25, -0.2) is 0 Å². The molecule has 0 saturated carbocycles. The predicted molar refractivity (Wildman–Crippen MR) is 109 cm³/mol. The molecule has 2 aromatic rings. The van der Waals surface area contributed by atoms with Gasteiger partial charge in [0.15, 0.2) is 11.5 Å². The number of hydrogen-bond acceptors (Lipinski definition) is 7. The van der Waals surface area contributed by atoms with Gasteiger partial charge in [-0.05, 0) is 31.2 Å². The maximum Gasteiger partial charge on any atom is 0.286 e. The summed E-state index contributed by atoms with van der Waals surface area (Å²) in [5.74, 6) is -0.188. The van der Waals surface area contributed by atoms with Gasteiger partial charge in [0, 0.05) is 18.8 Å². The van der Waals surface area contributed by atoms with Crippen LogP contribution in [0, 0.1) is 10.1 Å². The normalized spacial score (nSPS) is 10.1. The minimum absolute atomic E-state index is 0.156. The summed E-state index contributed by atoms with van der Waals surface area (Å²) < 4.78 is 15.6. The highest BCUT2D eigenvalue weighted by Gasteiger charge is 2.27. The summed E-state index contributed by atoms with van der Waals surface area (Å²) >= 11 is 0. The third-order valence-corrected chi connectivity index (χ3v) is 4.11. The second kappa shape index (κ2) is 10.1. The van der Waals surface area contributed by atoms with Crippen LogP contribution in [0.25, 0.3) is 0 Å². The summed E-state index contributed by atoms with van der Waals surface area (Å²) in [4.78, 5) is 37.0. The topological polar surface area (TPSA) is 120 Å². The van der Waals surface area contributed by atoms with Crippen molar-refractivity contribution in [2.24, 2.45) is 0 Å². The monoisotopic (exact) mass is 417 g/mol. The summed E-state index contributed by atoms with van der Waals surface area (Å²) in [5, 5.41) is 14.1. The fourth-order valence-corrected chi connectivity index (χ4v) is 2.67.